The molecule has 1 aliphatic carbocycles. The number of benzene rings is 1. The van der Waals surface area contributed by atoms with Gasteiger partial charge in [0.05, 0.1) is 5.75 Å². The van der Waals surface area contributed by atoms with E-state index in [9.17, 15) is 9.59 Å². The molecular formula is C20H19N5O2S. The quantitative estimate of drug-likeness (QED) is 0.487. The number of ketones is 1. The molecule has 0 saturated heterocycles. The van der Waals surface area contributed by atoms with E-state index in [4.69, 9.17) is 0 Å². The third-order valence-corrected chi connectivity index (χ3v) is 5.35. The minimum atomic E-state index is -0.131. The molecule has 7 nitrogen and oxygen atoms in total. The molecule has 2 heterocycles. The molecule has 1 amide bonds. The highest BCUT2D eigenvalue weighted by molar-refractivity contribution is 7.99. The van der Waals surface area contributed by atoms with Crippen LogP contribution in [0.5, 0.6) is 0 Å². The number of amides is 1. The summed E-state index contributed by atoms with van der Waals surface area (Å²) in [7, 11) is 0. The minimum Gasteiger partial charge on any atom is -0.325 e. The SMILES string of the molecule is CC(=O)c1ccc(NC(=O)CSc2nnc(-c3cccnc3)n2C2CC2)cc1. The molecule has 0 aliphatic heterocycles. The van der Waals surface area contributed by atoms with Gasteiger partial charge in [0.1, 0.15) is 0 Å². The number of Topliss-reactive ketones (excluding diaryl/α,β-unsaturated/α-hetero) is 1. The van der Waals surface area contributed by atoms with E-state index < -0.39 is 0 Å². The third kappa shape index (κ3) is 4.12. The maximum atomic E-state index is 12.3. The van der Waals surface area contributed by atoms with Gasteiger partial charge in [-0.1, -0.05) is 11.8 Å². The van der Waals surface area contributed by atoms with Gasteiger partial charge in [-0.25, -0.2) is 0 Å². The number of nitrogens with zero attached hydrogens (tertiary/aromatic N) is 4. The normalized spacial score (nSPS) is 13.3. The Hall–Kier alpha value is -3.00. The summed E-state index contributed by atoms with van der Waals surface area (Å²) in [6, 6.07) is 11.1. The zero-order valence-corrected chi connectivity index (χ0v) is 16.1. The van der Waals surface area contributed by atoms with Crippen LogP contribution in [0.4, 0.5) is 5.69 Å². The van der Waals surface area contributed by atoms with Gasteiger partial charge >= 0.3 is 0 Å². The van der Waals surface area contributed by atoms with E-state index in [0.29, 0.717) is 17.3 Å². The second-order valence-electron chi connectivity index (χ2n) is 6.62. The first-order valence-electron chi connectivity index (χ1n) is 9.01. The predicted octanol–water partition coefficient (Wildman–Crippen LogP) is 3.61. The zero-order valence-electron chi connectivity index (χ0n) is 15.3. The van der Waals surface area contributed by atoms with Crippen molar-refractivity contribution in [1.29, 1.82) is 0 Å². The lowest BCUT2D eigenvalue weighted by atomic mass is 10.1. The molecule has 8 heteroatoms. The Bertz CT molecular complexity index is 997. The molecular weight excluding hydrogens is 374 g/mol. The summed E-state index contributed by atoms with van der Waals surface area (Å²) in [5.74, 6) is 0.885. The van der Waals surface area contributed by atoms with E-state index >= 15 is 0 Å². The number of rotatable bonds is 7. The van der Waals surface area contributed by atoms with Crippen molar-refractivity contribution >= 4 is 29.1 Å². The standard InChI is InChI=1S/C20H19N5O2S/c1-13(26)14-4-6-16(7-5-14)22-18(27)12-28-20-24-23-19(25(20)17-8-9-17)15-3-2-10-21-11-15/h2-7,10-11,17H,8-9,12H2,1H3,(H,22,27). The molecule has 0 bridgehead atoms. The number of pyridine rings is 1. The fourth-order valence-electron chi connectivity index (χ4n) is 2.84. The number of hydrogen-bond donors (Lipinski definition) is 1. The Kier molecular flexibility index (Phi) is 5.21. The molecule has 1 saturated carbocycles. The largest absolute Gasteiger partial charge is 0.325 e. The Morgan fingerprint density at radius 2 is 1.96 bits per heavy atom. The van der Waals surface area contributed by atoms with Crippen LogP contribution in [0.25, 0.3) is 11.4 Å². The first kappa shape index (κ1) is 18.4. The van der Waals surface area contributed by atoms with Crippen molar-refractivity contribution in [2.24, 2.45) is 0 Å². The Morgan fingerprint density at radius 1 is 1.18 bits per heavy atom. The number of carbonyl (C=O) groups is 2. The van der Waals surface area contributed by atoms with Crippen LogP contribution in [0.3, 0.4) is 0 Å². The van der Waals surface area contributed by atoms with Crippen LogP contribution < -0.4 is 5.32 Å². The van der Waals surface area contributed by atoms with Gasteiger partial charge in [-0.2, -0.15) is 0 Å². The van der Waals surface area contributed by atoms with E-state index in [0.717, 1.165) is 29.4 Å². The van der Waals surface area contributed by atoms with Crippen LogP contribution in [0.2, 0.25) is 0 Å². The van der Waals surface area contributed by atoms with Gasteiger partial charge < -0.3 is 5.32 Å². The lowest BCUT2D eigenvalue weighted by Crippen LogP contribution is -2.14. The first-order chi connectivity index (χ1) is 13.6. The summed E-state index contributed by atoms with van der Waals surface area (Å²) in [6.07, 6.45) is 5.68. The van der Waals surface area contributed by atoms with E-state index in [1.54, 1.807) is 36.7 Å². The molecule has 0 unspecified atom stereocenters. The molecule has 1 fully saturated rings. The number of hydrogen-bond acceptors (Lipinski definition) is 6. The van der Waals surface area contributed by atoms with Crippen molar-refractivity contribution in [3.63, 3.8) is 0 Å². The summed E-state index contributed by atoms with van der Waals surface area (Å²) >= 11 is 1.37. The Morgan fingerprint density at radius 3 is 2.61 bits per heavy atom. The summed E-state index contributed by atoms with van der Waals surface area (Å²) in [6.45, 7) is 1.51. The van der Waals surface area contributed by atoms with Crippen LogP contribution in [0.15, 0.2) is 53.9 Å². The fourth-order valence-corrected chi connectivity index (χ4v) is 3.65. The van der Waals surface area contributed by atoms with Gasteiger partial charge in [-0.3, -0.25) is 19.1 Å². The molecule has 0 atom stereocenters. The maximum absolute atomic E-state index is 12.3. The van der Waals surface area contributed by atoms with E-state index in [-0.39, 0.29) is 17.4 Å². The van der Waals surface area contributed by atoms with E-state index in [1.165, 1.54) is 18.7 Å². The van der Waals surface area contributed by atoms with Crippen molar-refractivity contribution in [2.75, 3.05) is 11.1 Å². The third-order valence-electron chi connectivity index (χ3n) is 4.40. The maximum Gasteiger partial charge on any atom is 0.234 e. The number of anilines is 1. The van der Waals surface area contributed by atoms with Crippen LogP contribution in [0.1, 0.15) is 36.2 Å². The second kappa shape index (κ2) is 7.93. The molecule has 0 radical (unpaired) electrons. The van der Waals surface area contributed by atoms with Crippen molar-refractivity contribution in [3.05, 3.63) is 54.4 Å². The topological polar surface area (TPSA) is 89.8 Å². The number of thioether (sulfide) groups is 1. The lowest BCUT2D eigenvalue weighted by Gasteiger charge is -2.09. The zero-order chi connectivity index (χ0) is 19.5. The van der Waals surface area contributed by atoms with Crippen molar-refractivity contribution < 1.29 is 9.59 Å². The van der Waals surface area contributed by atoms with Crippen molar-refractivity contribution in [1.82, 2.24) is 19.7 Å². The van der Waals surface area contributed by atoms with Crippen molar-refractivity contribution in [3.8, 4) is 11.4 Å². The van der Waals surface area contributed by atoms with Gasteiger partial charge in [0.25, 0.3) is 0 Å². The van der Waals surface area contributed by atoms with Gasteiger partial charge in [-0.15, -0.1) is 10.2 Å². The summed E-state index contributed by atoms with van der Waals surface area (Å²) in [5, 5.41) is 12.2. The lowest BCUT2D eigenvalue weighted by molar-refractivity contribution is -0.113. The minimum absolute atomic E-state index is 0.00253. The molecule has 1 N–H and O–H groups in total. The van der Waals surface area contributed by atoms with Crippen LogP contribution in [-0.4, -0.2) is 37.2 Å². The van der Waals surface area contributed by atoms with Crippen molar-refractivity contribution in [2.45, 2.75) is 31.0 Å². The smallest absolute Gasteiger partial charge is 0.234 e. The van der Waals surface area contributed by atoms with Gasteiger partial charge in [0, 0.05) is 35.2 Å². The fraction of sp³-hybridized carbons (Fsp3) is 0.250. The highest BCUT2D eigenvalue weighted by Gasteiger charge is 2.30. The summed E-state index contributed by atoms with van der Waals surface area (Å²) in [4.78, 5) is 27.8. The Labute approximate surface area is 166 Å². The highest BCUT2D eigenvalue weighted by Crippen LogP contribution is 2.40. The molecule has 0 spiro atoms. The predicted molar refractivity (Wildman–Crippen MR) is 107 cm³/mol. The van der Waals surface area contributed by atoms with E-state index in [1.807, 2.05) is 12.1 Å². The molecule has 142 valence electrons. The summed E-state index contributed by atoms with van der Waals surface area (Å²) < 4.78 is 2.11. The number of aromatic nitrogens is 4. The first-order valence-corrected chi connectivity index (χ1v) is 9.99. The average molecular weight is 393 g/mol. The monoisotopic (exact) mass is 393 g/mol. The molecule has 1 aliphatic rings. The Balaban J connectivity index is 1.43. The second-order valence-corrected chi connectivity index (χ2v) is 7.56. The van der Waals surface area contributed by atoms with Crippen LogP contribution in [0, 0.1) is 0 Å². The molecule has 3 aromatic rings. The molecule has 4 rings (SSSR count). The average Bonchev–Trinajstić information content (AvgIpc) is 3.46. The number of nitrogens with one attached hydrogen (secondary N) is 1. The van der Waals surface area contributed by atoms with Gasteiger partial charge in [0.2, 0.25) is 5.91 Å². The van der Waals surface area contributed by atoms with Crippen LogP contribution in [-0.2, 0) is 4.79 Å². The number of carbonyl (C=O) groups excluding carboxylic acids is 2. The van der Waals surface area contributed by atoms with E-state index in [2.05, 4.69) is 25.1 Å². The van der Waals surface area contributed by atoms with Gasteiger partial charge in [0.15, 0.2) is 16.8 Å². The molecule has 1 aromatic carbocycles. The molecule has 28 heavy (non-hydrogen) atoms. The van der Waals surface area contributed by atoms with Crippen LogP contribution >= 0.6 is 11.8 Å². The molecule has 2 aromatic heterocycles. The summed E-state index contributed by atoms with van der Waals surface area (Å²) in [5.41, 5.74) is 2.20. The van der Waals surface area contributed by atoms with Gasteiger partial charge in [-0.05, 0) is 56.2 Å². The highest BCUT2D eigenvalue weighted by atomic mass is 32.2.